The lowest BCUT2D eigenvalue weighted by Gasteiger charge is -2.27. The molecule has 0 aromatic heterocycles. The van der Waals surface area contributed by atoms with E-state index in [1.807, 2.05) is 17.0 Å². The van der Waals surface area contributed by atoms with Gasteiger partial charge in [0.25, 0.3) is 0 Å². The first kappa shape index (κ1) is 14.6. The predicted molar refractivity (Wildman–Crippen MR) is 78.4 cm³/mol. The number of halogens is 2. The van der Waals surface area contributed by atoms with Crippen molar-refractivity contribution in [2.24, 2.45) is 5.73 Å². The van der Waals surface area contributed by atoms with Crippen molar-refractivity contribution in [2.45, 2.75) is 38.3 Å². The number of hydrogen-bond acceptors (Lipinski definition) is 2. The maximum absolute atomic E-state index is 12.0. The zero-order valence-electron chi connectivity index (χ0n) is 10.9. The summed E-state index contributed by atoms with van der Waals surface area (Å²) in [7, 11) is 0. The summed E-state index contributed by atoms with van der Waals surface area (Å²) in [6.07, 6.45) is 2.43. The van der Waals surface area contributed by atoms with Crippen LogP contribution >= 0.6 is 23.2 Å². The van der Waals surface area contributed by atoms with Crippen molar-refractivity contribution in [1.29, 1.82) is 0 Å². The van der Waals surface area contributed by atoms with Crippen LogP contribution in [0.15, 0.2) is 18.2 Å². The summed E-state index contributed by atoms with van der Waals surface area (Å²) in [5.41, 5.74) is 7.08. The Morgan fingerprint density at radius 2 is 2.11 bits per heavy atom. The quantitative estimate of drug-likeness (QED) is 0.926. The van der Waals surface area contributed by atoms with Crippen molar-refractivity contribution in [3.8, 4) is 0 Å². The molecule has 1 aliphatic rings. The summed E-state index contributed by atoms with van der Waals surface area (Å²) >= 11 is 12.0. The van der Waals surface area contributed by atoms with Crippen LogP contribution in [0.5, 0.6) is 0 Å². The molecular formula is C14H18Cl2N2O. The van der Waals surface area contributed by atoms with Crippen LogP contribution in [0.3, 0.4) is 0 Å². The van der Waals surface area contributed by atoms with Crippen LogP contribution in [0.2, 0.25) is 10.0 Å². The summed E-state index contributed by atoms with van der Waals surface area (Å²) < 4.78 is 0. The van der Waals surface area contributed by atoms with Crippen LogP contribution in [-0.2, 0) is 4.79 Å². The van der Waals surface area contributed by atoms with Crippen LogP contribution in [-0.4, -0.2) is 23.4 Å². The molecule has 0 aliphatic carbocycles. The van der Waals surface area contributed by atoms with Gasteiger partial charge in [0.1, 0.15) is 0 Å². The number of nitrogens with two attached hydrogens (primary N) is 1. The Bertz CT molecular complexity index is 479. The fourth-order valence-electron chi connectivity index (χ4n) is 2.53. The Labute approximate surface area is 123 Å². The van der Waals surface area contributed by atoms with Gasteiger partial charge in [0.05, 0.1) is 16.1 Å². The number of unbranched alkanes of at least 4 members (excludes halogenated alkanes) is 1. The molecule has 0 bridgehead atoms. The number of hydrogen-bond donors (Lipinski definition) is 1. The summed E-state index contributed by atoms with van der Waals surface area (Å²) in [4.78, 5) is 13.9. The molecule has 1 aromatic rings. The first-order valence-corrected chi connectivity index (χ1v) is 7.30. The number of carbonyl (C=O) groups is 1. The maximum atomic E-state index is 12.0. The summed E-state index contributed by atoms with van der Waals surface area (Å²) in [5.74, 6) is 0.122. The van der Waals surface area contributed by atoms with Crippen LogP contribution in [0, 0.1) is 0 Å². The molecule has 19 heavy (non-hydrogen) atoms. The van der Waals surface area contributed by atoms with Gasteiger partial charge < -0.3 is 10.6 Å². The Kier molecular flexibility index (Phi) is 4.71. The number of amides is 1. The highest BCUT2D eigenvalue weighted by molar-refractivity contribution is 6.42. The van der Waals surface area contributed by atoms with E-state index in [0.29, 0.717) is 16.5 Å². The second kappa shape index (κ2) is 6.12. The molecule has 0 radical (unpaired) electrons. The second-order valence-corrected chi connectivity index (χ2v) is 5.74. The van der Waals surface area contributed by atoms with Crippen molar-refractivity contribution in [2.75, 3.05) is 6.54 Å². The van der Waals surface area contributed by atoms with E-state index in [2.05, 4.69) is 6.92 Å². The highest BCUT2D eigenvalue weighted by Crippen LogP contribution is 2.35. The molecule has 5 heteroatoms. The standard InChI is InChI=1S/C14H18Cl2N2O/c1-2-3-6-18-13(19)8-12(17)14(18)9-4-5-10(15)11(16)7-9/h4-5,7,12,14H,2-3,6,8,17H2,1H3. The second-order valence-electron chi connectivity index (χ2n) is 4.93. The maximum Gasteiger partial charge on any atom is 0.224 e. The molecule has 1 aliphatic heterocycles. The van der Waals surface area contributed by atoms with Crippen molar-refractivity contribution >= 4 is 29.1 Å². The number of carbonyl (C=O) groups excluding carboxylic acids is 1. The Balaban J connectivity index is 2.28. The zero-order valence-corrected chi connectivity index (χ0v) is 12.4. The zero-order chi connectivity index (χ0) is 14.0. The number of benzene rings is 1. The van der Waals surface area contributed by atoms with Crippen molar-refractivity contribution in [3.63, 3.8) is 0 Å². The van der Waals surface area contributed by atoms with Gasteiger partial charge in [0.2, 0.25) is 5.91 Å². The average Bonchev–Trinajstić information content (AvgIpc) is 2.65. The van der Waals surface area contributed by atoms with E-state index in [1.165, 1.54) is 0 Å². The van der Waals surface area contributed by atoms with Gasteiger partial charge in [-0.15, -0.1) is 0 Å². The van der Waals surface area contributed by atoms with E-state index < -0.39 is 0 Å². The van der Waals surface area contributed by atoms with Crippen molar-refractivity contribution in [3.05, 3.63) is 33.8 Å². The highest BCUT2D eigenvalue weighted by atomic mass is 35.5. The van der Waals surface area contributed by atoms with E-state index in [1.54, 1.807) is 6.07 Å². The minimum absolute atomic E-state index is 0.0891. The molecule has 1 saturated heterocycles. The van der Waals surface area contributed by atoms with E-state index in [9.17, 15) is 4.79 Å². The predicted octanol–water partition coefficient (Wildman–Crippen LogP) is 3.39. The van der Waals surface area contributed by atoms with Gasteiger partial charge >= 0.3 is 0 Å². The molecule has 1 aromatic carbocycles. The molecule has 2 rings (SSSR count). The van der Waals surface area contributed by atoms with Crippen LogP contribution in [0.25, 0.3) is 0 Å². The monoisotopic (exact) mass is 300 g/mol. The molecule has 1 fully saturated rings. The molecule has 2 unspecified atom stereocenters. The van der Waals surface area contributed by atoms with Crippen LogP contribution < -0.4 is 5.73 Å². The Morgan fingerprint density at radius 1 is 1.37 bits per heavy atom. The van der Waals surface area contributed by atoms with Gasteiger partial charge in [-0.2, -0.15) is 0 Å². The molecule has 104 valence electrons. The molecule has 2 atom stereocenters. The third kappa shape index (κ3) is 3.04. The largest absolute Gasteiger partial charge is 0.334 e. The van der Waals surface area contributed by atoms with Crippen molar-refractivity contribution in [1.82, 2.24) is 4.90 Å². The van der Waals surface area contributed by atoms with Crippen LogP contribution in [0.1, 0.15) is 37.8 Å². The summed E-state index contributed by atoms with van der Waals surface area (Å²) in [6, 6.07) is 5.20. The molecule has 1 heterocycles. The first-order valence-electron chi connectivity index (χ1n) is 6.54. The fourth-order valence-corrected chi connectivity index (χ4v) is 2.84. The third-order valence-corrected chi connectivity index (χ3v) is 4.25. The molecular weight excluding hydrogens is 283 g/mol. The number of nitrogens with zero attached hydrogens (tertiary/aromatic N) is 1. The Hall–Kier alpha value is -0.770. The SMILES string of the molecule is CCCCN1C(=O)CC(N)C1c1ccc(Cl)c(Cl)c1. The van der Waals surface area contributed by atoms with Gasteiger partial charge in [0, 0.05) is 19.0 Å². The third-order valence-electron chi connectivity index (χ3n) is 3.51. The van der Waals surface area contributed by atoms with E-state index in [-0.39, 0.29) is 18.0 Å². The van der Waals surface area contributed by atoms with Gasteiger partial charge in [-0.05, 0) is 24.1 Å². The molecule has 2 N–H and O–H groups in total. The van der Waals surface area contributed by atoms with Crippen LogP contribution in [0.4, 0.5) is 0 Å². The first-order chi connectivity index (χ1) is 9.04. The number of likely N-dealkylation sites (tertiary alicyclic amines) is 1. The van der Waals surface area contributed by atoms with E-state index in [4.69, 9.17) is 28.9 Å². The highest BCUT2D eigenvalue weighted by Gasteiger charge is 2.38. The topological polar surface area (TPSA) is 46.3 Å². The van der Waals surface area contributed by atoms with Gasteiger partial charge in [-0.25, -0.2) is 0 Å². The molecule has 1 amide bonds. The lowest BCUT2D eigenvalue weighted by Crippen LogP contribution is -2.33. The van der Waals surface area contributed by atoms with Crippen molar-refractivity contribution < 1.29 is 4.79 Å². The average molecular weight is 301 g/mol. The minimum Gasteiger partial charge on any atom is -0.334 e. The number of rotatable bonds is 4. The minimum atomic E-state index is -0.179. The summed E-state index contributed by atoms with van der Waals surface area (Å²) in [5, 5.41) is 1.02. The fraction of sp³-hybridized carbons (Fsp3) is 0.500. The summed E-state index contributed by atoms with van der Waals surface area (Å²) in [6.45, 7) is 2.85. The molecule has 0 saturated carbocycles. The van der Waals surface area contributed by atoms with Gasteiger partial charge in [-0.1, -0.05) is 42.6 Å². The van der Waals surface area contributed by atoms with Gasteiger partial charge in [-0.3, -0.25) is 4.79 Å². The van der Waals surface area contributed by atoms with Gasteiger partial charge in [0.15, 0.2) is 0 Å². The van der Waals surface area contributed by atoms with E-state index >= 15 is 0 Å². The van der Waals surface area contributed by atoms with E-state index in [0.717, 1.165) is 24.9 Å². The normalized spacial score (nSPS) is 23.2. The molecule has 0 spiro atoms. The molecule has 3 nitrogen and oxygen atoms in total. The Morgan fingerprint density at radius 3 is 2.74 bits per heavy atom. The smallest absolute Gasteiger partial charge is 0.224 e. The lowest BCUT2D eigenvalue weighted by molar-refractivity contribution is -0.129. The lowest BCUT2D eigenvalue weighted by atomic mass is 10.0.